The van der Waals surface area contributed by atoms with E-state index < -0.39 is 0 Å². The van der Waals surface area contributed by atoms with Crippen molar-refractivity contribution in [3.05, 3.63) is 0 Å². The lowest BCUT2D eigenvalue weighted by Crippen LogP contribution is -1.89. The molecule has 1 aliphatic rings. The number of hydrogen-bond acceptors (Lipinski definition) is 2. The maximum absolute atomic E-state index is 2.04. The van der Waals surface area contributed by atoms with Gasteiger partial charge in [0.1, 0.15) is 8.67 Å². The van der Waals surface area contributed by atoms with Gasteiger partial charge in [-0.25, -0.2) is 0 Å². The smallest absolute Gasteiger partial charge is 0.125 e. The Morgan fingerprint density at radius 3 is 2.67 bits per heavy atom. The van der Waals surface area contributed by atoms with Crippen molar-refractivity contribution >= 4 is 29.7 Å². The fourth-order valence-corrected chi connectivity index (χ4v) is 5.20. The average molecular weight is 134 g/mol. The van der Waals surface area contributed by atoms with Crippen LogP contribution in [0.4, 0.5) is 0 Å². The first-order valence-electron chi connectivity index (χ1n) is 2.01. The van der Waals surface area contributed by atoms with Gasteiger partial charge in [0, 0.05) is 5.75 Å². The lowest BCUT2D eigenvalue weighted by atomic mass is 10.6. The minimum atomic E-state index is 1.18. The highest BCUT2D eigenvalue weighted by atomic mass is 33.2. The molecule has 1 saturated heterocycles. The molecule has 1 fully saturated rings. The summed E-state index contributed by atoms with van der Waals surface area (Å²) in [5.41, 5.74) is 0. The monoisotopic (exact) mass is 134 g/mol. The van der Waals surface area contributed by atoms with Gasteiger partial charge in [-0.1, -0.05) is 0 Å². The molecule has 0 N–H and O–H groups in total. The minimum Gasteiger partial charge on any atom is -0.125 e. The highest BCUT2D eigenvalue weighted by Gasteiger charge is 1.98. The van der Waals surface area contributed by atoms with Crippen LogP contribution in [-0.2, 0) is 0 Å². The summed E-state index contributed by atoms with van der Waals surface area (Å²) in [6.45, 7) is 0. The molecule has 0 atom stereocenters. The topological polar surface area (TPSA) is 0 Å². The van der Waals surface area contributed by atoms with E-state index >= 15 is 0 Å². The van der Waals surface area contributed by atoms with Crippen LogP contribution < -0.4 is 0 Å². The first-order chi connectivity index (χ1) is 3.00. The normalized spacial score (nSPS) is 24.0. The summed E-state index contributed by atoms with van der Waals surface area (Å²) >= 11 is 0. The molecule has 1 rings (SSSR count). The largest absolute Gasteiger partial charge is 0.138 e. The Balaban J connectivity index is 2.00. The molecule has 0 aromatic heterocycles. The summed E-state index contributed by atoms with van der Waals surface area (Å²) in [5, 5.41) is 0. The first kappa shape index (κ1) is 5.06. The van der Waals surface area contributed by atoms with Gasteiger partial charge in [0.2, 0.25) is 0 Å². The summed E-state index contributed by atoms with van der Waals surface area (Å²) in [6, 6.07) is 1.47. The molecule has 34 valence electrons. The van der Waals surface area contributed by atoms with E-state index in [0.29, 0.717) is 0 Å². The van der Waals surface area contributed by atoms with Crippen LogP contribution in [0.1, 0.15) is 6.42 Å². The molecule has 6 heavy (non-hydrogen) atoms. The van der Waals surface area contributed by atoms with Crippen molar-refractivity contribution in [2.75, 3.05) is 5.75 Å². The van der Waals surface area contributed by atoms with Gasteiger partial charge in [0.05, 0.1) is 0 Å². The summed E-state index contributed by atoms with van der Waals surface area (Å²) in [7, 11) is 5.24. The van der Waals surface area contributed by atoms with Gasteiger partial charge < -0.3 is 0 Å². The van der Waals surface area contributed by atoms with Gasteiger partial charge in [0.25, 0.3) is 0 Å². The van der Waals surface area contributed by atoms with Crippen molar-refractivity contribution in [2.45, 2.75) is 12.5 Å². The lowest BCUT2D eigenvalue weighted by molar-refractivity contribution is 1.10. The highest BCUT2D eigenvalue weighted by molar-refractivity contribution is 8.85. The fraction of sp³-hybridized carbons (Fsp3) is 1.00. The Kier molecular flexibility index (Phi) is 2.52. The third-order valence-electron chi connectivity index (χ3n) is 0.624. The zero-order valence-corrected chi connectivity index (χ0v) is 6.07. The van der Waals surface area contributed by atoms with Gasteiger partial charge in [-0.05, 0) is 12.5 Å². The summed E-state index contributed by atoms with van der Waals surface area (Å²) < 4.78 is 0. The van der Waals surface area contributed by atoms with Crippen LogP contribution in [0.3, 0.4) is 0 Å². The van der Waals surface area contributed by atoms with E-state index in [4.69, 9.17) is 0 Å². The van der Waals surface area contributed by atoms with Crippen LogP contribution >= 0.6 is 21.0 Å². The Labute approximate surface area is 48.3 Å². The molecule has 0 amide bonds. The van der Waals surface area contributed by atoms with Crippen LogP contribution in [-0.4, -0.2) is 14.4 Å². The van der Waals surface area contributed by atoms with E-state index in [9.17, 15) is 0 Å². The average Bonchev–Trinajstić information content (AvgIpc) is 1.72. The van der Waals surface area contributed by atoms with Crippen LogP contribution in [0.15, 0.2) is 0 Å². The summed E-state index contributed by atoms with van der Waals surface area (Å²) in [6.07, 6.45) is 1.45. The predicted molar refractivity (Wildman–Crippen MR) is 35.2 cm³/mol. The SMILES string of the molecule is C1C[Si]SSC1. The maximum Gasteiger partial charge on any atom is 0.138 e. The Hall–Kier alpha value is 0.917. The standard InChI is InChI=1S/C3H6S2Si/c1-2-4-5-6-3-1/h1-3H2. The first-order valence-corrected chi connectivity index (χ1v) is 6.26. The molecule has 0 aliphatic carbocycles. The van der Waals surface area contributed by atoms with Crippen molar-refractivity contribution in [1.82, 2.24) is 0 Å². The quantitative estimate of drug-likeness (QED) is 0.366. The molecule has 0 saturated carbocycles. The Morgan fingerprint density at radius 1 is 1.50 bits per heavy atom. The van der Waals surface area contributed by atoms with Crippen molar-refractivity contribution in [3.63, 3.8) is 0 Å². The van der Waals surface area contributed by atoms with Gasteiger partial charge in [-0.2, -0.15) is 0 Å². The third kappa shape index (κ3) is 1.58. The van der Waals surface area contributed by atoms with Crippen LogP contribution in [0.25, 0.3) is 0 Å². The molecule has 0 aromatic rings. The lowest BCUT2D eigenvalue weighted by Gasteiger charge is -2.03. The third-order valence-corrected chi connectivity index (χ3v) is 5.81. The van der Waals surface area contributed by atoms with Crippen molar-refractivity contribution in [3.8, 4) is 0 Å². The molecule has 2 radical (unpaired) electrons. The summed E-state index contributed by atoms with van der Waals surface area (Å²) in [4.78, 5) is 0. The zero-order chi connectivity index (χ0) is 4.24. The molecule has 1 heterocycles. The Bertz CT molecular complexity index is 24.3. The highest BCUT2D eigenvalue weighted by Crippen LogP contribution is 2.27. The van der Waals surface area contributed by atoms with Crippen LogP contribution in [0.5, 0.6) is 0 Å². The minimum absolute atomic E-state index is 1.18. The predicted octanol–water partition coefficient (Wildman–Crippen LogP) is 1.81. The second-order valence-electron chi connectivity index (χ2n) is 1.15. The number of rotatable bonds is 0. The summed E-state index contributed by atoms with van der Waals surface area (Å²) in [5.74, 6) is 1.39. The van der Waals surface area contributed by atoms with Crippen molar-refractivity contribution in [1.29, 1.82) is 0 Å². The van der Waals surface area contributed by atoms with Gasteiger partial charge in [-0.3, -0.25) is 0 Å². The van der Waals surface area contributed by atoms with Crippen molar-refractivity contribution in [2.24, 2.45) is 0 Å². The van der Waals surface area contributed by atoms with E-state index in [0.717, 1.165) is 0 Å². The Morgan fingerprint density at radius 2 is 2.50 bits per heavy atom. The van der Waals surface area contributed by atoms with E-state index in [-0.39, 0.29) is 0 Å². The van der Waals surface area contributed by atoms with E-state index in [2.05, 4.69) is 0 Å². The molecule has 0 spiro atoms. The number of hydrogen-bond donors (Lipinski definition) is 0. The van der Waals surface area contributed by atoms with E-state index in [1.807, 2.05) is 21.0 Å². The molecule has 0 bridgehead atoms. The molecule has 0 unspecified atom stereocenters. The van der Waals surface area contributed by atoms with E-state index in [1.165, 1.54) is 26.9 Å². The van der Waals surface area contributed by atoms with Crippen LogP contribution in [0, 0.1) is 0 Å². The van der Waals surface area contributed by atoms with Gasteiger partial charge >= 0.3 is 0 Å². The van der Waals surface area contributed by atoms with Gasteiger partial charge in [-0.15, -0.1) is 21.0 Å². The second kappa shape index (κ2) is 2.99. The fourth-order valence-electron chi connectivity index (χ4n) is 0.328. The van der Waals surface area contributed by atoms with Crippen molar-refractivity contribution < 1.29 is 0 Å². The maximum atomic E-state index is 2.04. The molecule has 0 aromatic carbocycles. The molecule has 3 heteroatoms. The zero-order valence-electron chi connectivity index (χ0n) is 3.44. The molecule has 1 aliphatic heterocycles. The molecular weight excluding hydrogens is 128 g/mol. The second-order valence-corrected chi connectivity index (χ2v) is 6.33. The molecular formula is C3H6S2Si. The van der Waals surface area contributed by atoms with Gasteiger partial charge in [0.15, 0.2) is 0 Å². The van der Waals surface area contributed by atoms with Crippen LogP contribution in [0.2, 0.25) is 6.04 Å². The molecule has 0 nitrogen and oxygen atoms in total. The van der Waals surface area contributed by atoms with E-state index in [1.54, 1.807) is 0 Å².